The zero-order valence-corrected chi connectivity index (χ0v) is 57.2. The molecule has 0 atom stereocenters. The quantitative estimate of drug-likeness (QED) is 0.144. The molecule has 0 N–H and O–H groups in total. The van der Waals surface area contributed by atoms with E-state index in [0.717, 1.165) is 67.2 Å². The molecule has 8 heteroatoms. The van der Waals surface area contributed by atoms with Crippen LogP contribution in [0.2, 0.25) is 0 Å². The van der Waals surface area contributed by atoms with E-state index in [9.17, 15) is 0 Å². The Morgan fingerprint density at radius 2 is 0.480 bits per heavy atom. The molecule has 0 bridgehead atoms. The summed E-state index contributed by atoms with van der Waals surface area (Å²) in [5.74, 6) is 0.627. The van der Waals surface area contributed by atoms with E-state index in [1.165, 1.54) is 137 Å². The maximum atomic E-state index is 5.74. The van der Waals surface area contributed by atoms with Crippen molar-refractivity contribution >= 4 is 160 Å². The maximum absolute atomic E-state index is 5.74. The van der Waals surface area contributed by atoms with E-state index in [1.807, 2.05) is 34.0 Å². The summed E-state index contributed by atoms with van der Waals surface area (Å²) in [5.41, 5.74) is 21.8. The second kappa shape index (κ2) is 22.5. The molecule has 0 saturated carbocycles. The molecule has 22 aromatic rings. The lowest BCUT2D eigenvalue weighted by Crippen LogP contribution is -2.00. The summed E-state index contributed by atoms with van der Waals surface area (Å²) in [5, 5.41) is 14.9. The highest BCUT2D eigenvalue weighted by molar-refractivity contribution is 7.27. The highest BCUT2D eigenvalue weighted by atomic mass is 32.1. The van der Waals surface area contributed by atoms with Crippen LogP contribution in [0.5, 0.6) is 0 Å². The Labute approximate surface area is 597 Å². The summed E-state index contributed by atoms with van der Waals surface area (Å²) in [6, 6.07) is 123. The van der Waals surface area contributed by atoms with Crippen LogP contribution in [0.1, 0.15) is 0 Å². The number of aromatic nitrogens is 5. The van der Waals surface area contributed by atoms with Crippen molar-refractivity contribution < 1.29 is 0 Å². The van der Waals surface area contributed by atoms with E-state index in [4.69, 9.17) is 9.97 Å². The van der Waals surface area contributed by atoms with E-state index in [2.05, 4.69) is 347 Å². The third-order valence-electron chi connectivity index (χ3n) is 21.1. The highest BCUT2D eigenvalue weighted by Gasteiger charge is 2.25. The Hall–Kier alpha value is -12.6. The van der Waals surface area contributed by atoms with E-state index < -0.39 is 0 Å². The molecule has 474 valence electrons. The smallest absolute Gasteiger partial charge is 0.160 e. The second-order valence-electron chi connectivity index (χ2n) is 26.6. The van der Waals surface area contributed by atoms with Crippen molar-refractivity contribution in [3.05, 3.63) is 334 Å². The third-order valence-corrected chi connectivity index (χ3v) is 24.7. The first-order valence-corrected chi connectivity index (χ1v) is 37.1. The van der Waals surface area contributed by atoms with Crippen LogP contribution in [-0.2, 0) is 0 Å². The Balaban J connectivity index is 0.756. The fourth-order valence-corrected chi connectivity index (χ4v) is 20.3. The number of thiophene rings is 3. The van der Waals surface area contributed by atoms with Crippen molar-refractivity contribution in [1.82, 2.24) is 23.7 Å². The first kappa shape index (κ1) is 57.4. The van der Waals surface area contributed by atoms with Gasteiger partial charge in [-0.15, -0.1) is 34.0 Å². The lowest BCUT2D eigenvalue weighted by atomic mass is 9.99. The Kier molecular flexibility index (Phi) is 12.6. The molecule has 102 heavy (non-hydrogen) atoms. The van der Waals surface area contributed by atoms with Crippen molar-refractivity contribution in [3.8, 4) is 84.3 Å². The van der Waals surface area contributed by atoms with Crippen LogP contribution in [0.4, 0.5) is 0 Å². The van der Waals surface area contributed by atoms with E-state index in [0.29, 0.717) is 5.82 Å². The summed E-state index contributed by atoms with van der Waals surface area (Å²) < 4.78 is 15.2. The van der Waals surface area contributed by atoms with Gasteiger partial charge in [0.25, 0.3) is 0 Å². The van der Waals surface area contributed by atoms with Gasteiger partial charge >= 0.3 is 0 Å². The third kappa shape index (κ3) is 8.61. The molecule has 0 saturated heterocycles. The zero-order chi connectivity index (χ0) is 66.7. The molecule has 0 aliphatic heterocycles. The number of fused-ring (bicyclic) bond motifs is 18. The minimum atomic E-state index is 0.627. The standard InChI is InChI=1S/C94H55N5S3/c1-7-46-82-62(28-1)68-34-16-37-71(77-43-19-40-74-65-31-4-10-49-85(65)100-91(74)77)88(68)97(82)59-25-13-22-56(52-59)80-55-81(57-23-14-26-60(53-57)98-83-47-8-2-29-63(83)69-35-17-38-72(89(69)98)78-44-20-41-75-66-32-5-11-50-86(66)101-92(75)78)96-94(95-80)58-24-15-27-61(54-58)99-84-48-9-3-30-64(84)70-36-18-39-73(90(70)99)79-45-21-42-76-67-33-6-12-51-87(67)102-93(76)79/h1-55H. The number of nitrogens with zero attached hydrogens (tertiary/aromatic N) is 5. The molecule has 15 aromatic carbocycles. The zero-order valence-electron chi connectivity index (χ0n) is 54.7. The van der Waals surface area contributed by atoms with Crippen molar-refractivity contribution in [1.29, 1.82) is 0 Å². The average molecular weight is 1350 g/mol. The van der Waals surface area contributed by atoms with Gasteiger partial charge in [0.1, 0.15) is 0 Å². The Morgan fingerprint density at radius 3 is 0.843 bits per heavy atom. The molecule has 0 aliphatic carbocycles. The number of hydrogen-bond acceptors (Lipinski definition) is 5. The van der Waals surface area contributed by atoms with Crippen LogP contribution in [0.3, 0.4) is 0 Å². The Morgan fingerprint density at radius 1 is 0.206 bits per heavy atom. The van der Waals surface area contributed by atoms with Gasteiger partial charge in [0.15, 0.2) is 5.82 Å². The monoisotopic (exact) mass is 1350 g/mol. The molecule has 5 nitrogen and oxygen atoms in total. The highest BCUT2D eigenvalue weighted by Crippen LogP contribution is 2.49. The molecule has 7 aromatic heterocycles. The minimum absolute atomic E-state index is 0.627. The first-order chi connectivity index (χ1) is 50.6. The average Bonchev–Trinajstić information content (AvgIpc) is 1.57. The van der Waals surface area contributed by atoms with Gasteiger partial charge in [0.2, 0.25) is 0 Å². The topological polar surface area (TPSA) is 40.6 Å². The van der Waals surface area contributed by atoms with Crippen molar-refractivity contribution in [3.63, 3.8) is 0 Å². The summed E-state index contributed by atoms with van der Waals surface area (Å²) >= 11 is 5.62. The number of para-hydroxylation sites is 6. The molecule has 0 amide bonds. The van der Waals surface area contributed by atoms with E-state index in [-0.39, 0.29) is 0 Å². The van der Waals surface area contributed by atoms with Crippen LogP contribution in [0.25, 0.3) is 210 Å². The first-order valence-electron chi connectivity index (χ1n) is 34.6. The maximum Gasteiger partial charge on any atom is 0.160 e. The van der Waals surface area contributed by atoms with Gasteiger partial charge in [-0.3, -0.25) is 0 Å². The lowest BCUT2D eigenvalue weighted by molar-refractivity contribution is 1.15. The second-order valence-corrected chi connectivity index (χ2v) is 29.8. The SMILES string of the molecule is c1cc(-c2cc(-c3cccc(-n4c5ccccc5c5cccc(-c6cccc7c6sc6ccccc67)c54)c3)nc(-c3cccc(-n4c5ccccc5c5cccc(-c6cccc7c6sc6ccccc67)c54)c3)n2)cc(-n2c3ccccc3c3cccc(-c4cccc5c4sc4ccccc45)c32)c1. The summed E-state index contributed by atoms with van der Waals surface area (Å²) in [6.07, 6.45) is 0. The fraction of sp³-hybridized carbons (Fsp3) is 0. The molecule has 0 aliphatic rings. The van der Waals surface area contributed by atoms with E-state index in [1.54, 1.807) is 0 Å². The molecule has 0 unspecified atom stereocenters. The predicted molar refractivity (Wildman–Crippen MR) is 436 cm³/mol. The van der Waals surface area contributed by atoms with Gasteiger partial charge in [0.05, 0.1) is 44.5 Å². The van der Waals surface area contributed by atoms with E-state index >= 15 is 0 Å². The molecular formula is C94H55N5S3. The van der Waals surface area contributed by atoms with Crippen LogP contribution < -0.4 is 0 Å². The van der Waals surface area contributed by atoms with Crippen LogP contribution in [0, 0.1) is 0 Å². The molecule has 7 heterocycles. The lowest BCUT2D eigenvalue weighted by Gasteiger charge is -2.16. The van der Waals surface area contributed by atoms with Crippen molar-refractivity contribution in [2.24, 2.45) is 0 Å². The largest absolute Gasteiger partial charge is 0.309 e. The van der Waals surface area contributed by atoms with Gasteiger partial charge in [-0.05, 0) is 78.9 Å². The Bertz CT molecular complexity index is 6590. The molecule has 0 spiro atoms. The summed E-state index contributed by atoms with van der Waals surface area (Å²) in [6.45, 7) is 0. The number of hydrogen-bond donors (Lipinski definition) is 0. The van der Waals surface area contributed by atoms with Gasteiger partial charge in [-0.25, -0.2) is 9.97 Å². The van der Waals surface area contributed by atoms with Crippen LogP contribution in [-0.4, -0.2) is 23.7 Å². The van der Waals surface area contributed by atoms with Crippen molar-refractivity contribution in [2.75, 3.05) is 0 Å². The fourth-order valence-electron chi connectivity index (χ4n) is 16.7. The van der Waals surface area contributed by atoms with Crippen LogP contribution in [0.15, 0.2) is 334 Å². The number of rotatable bonds is 9. The summed E-state index contributed by atoms with van der Waals surface area (Å²) in [7, 11) is 0. The molecule has 22 rings (SSSR count). The molecule has 0 radical (unpaired) electrons. The molecular weight excluding hydrogens is 1300 g/mol. The predicted octanol–water partition coefficient (Wildman–Crippen LogP) is 26.9. The minimum Gasteiger partial charge on any atom is -0.309 e. The number of benzene rings is 15. The summed E-state index contributed by atoms with van der Waals surface area (Å²) in [4.78, 5) is 11.5. The van der Waals surface area contributed by atoms with Gasteiger partial charge in [0, 0.05) is 160 Å². The van der Waals surface area contributed by atoms with Gasteiger partial charge < -0.3 is 13.7 Å². The van der Waals surface area contributed by atoms with Gasteiger partial charge in [-0.2, -0.15) is 0 Å². The molecule has 0 fully saturated rings. The van der Waals surface area contributed by atoms with Crippen molar-refractivity contribution in [2.45, 2.75) is 0 Å². The van der Waals surface area contributed by atoms with Gasteiger partial charge in [-0.1, -0.05) is 255 Å². The van der Waals surface area contributed by atoms with Crippen LogP contribution >= 0.6 is 34.0 Å². The normalized spacial score (nSPS) is 12.1.